The van der Waals surface area contributed by atoms with Crippen molar-refractivity contribution in [2.75, 3.05) is 25.5 Å². The Balaban J connectivity index is 2.27. The van der Waals surface area contributed by atoms with E-state index in [0.29, 0.717) is 23.4 Å². The van der Waals surface area contributed by atoms with Crippen LogP contribution in [0.2, 0.25) is 0 Å². The standard InChI is InChI=1S/C11H12F2N4/c1-14-2-3-15-11-6-16-9-4-7(12)8(13)5-10(9)17-11/h4-6,14H,2-3H2,1H3,(H,15,17). The summed E-state index contributed by atoms with van der Waals surface area (Å²) in [6.45, 7) is 1.46. The molecule has 1 aromatic heterocycles. The molecule has 0 radical (unpaired) electrons. The van der Waals surface area contributed by atoms with Gasteiger partial charge in [-0.3, -0.25) is 4.98 Å². The summed E-state index contributed by atoms with van der Waals surface area (Å²) in [5.74, 6) is -1.29. The maximum absolute atomic E-state index is 13.0. The second kappa shape index (κ2) is 5.01. The summed E-state index contributed by atoms with van der Waals surface area (Å²) in [5.41, 5.74) is 0.668. The number of likely N-dealkylation sites (N-methyl/N-ethyl adjacent to an activating group) is 1. The summed E-state index contributed by atoms with van der Waals surface area (Å²) in [4.78, 5) is 8.15. The Labute approximate surface area is 97.1 Å². The van der Waals surface area contributed by atoms with Crippen molar-refractivity contribution in [1.82, 2.24) is 15.3 Å². The van der Waals surface area contributed by atoms with E-state index in [-0.39, 0.29) is 0 Å². The number of rotatable bonds is 4. The van der Waals surface area contributed by atoms with Gasteiger partial charge in [0, 0.05) is 25.2 Å². The molecule has 1 aromatic carbocycles. The van der Waals surface area contributed by atoms with Crippen LogP contribution < -0.4 is 10.6 Å². The van der Waals surface area contributed by atoms with Crippen molar-refractivity contribution < 1.29 is 8.78 Å². The number of anilines is 1. The van der Waals surface area contributed by atoms with Crippen molar-refractivity contribution >= 4 is 16.9 Å². The number of nitrogens with one attached hydrogen (secondary N) is 2. The van der Waals surface area contributed by atoms with Crippen molar-refractivity contribution in [2.45, 2.75) is 0 Å². The lowest BCUT2D eigenvalue weighted by atomic mass is 10.3. The van der Waals surface area contributed by atoms with Crippen LogP contribution in [0.4, 0.5) is 14.6 Å². The summed E-state index contributed by atoms with van der Waals surface area (Å²) < 4.78 is 25.9. The Morgan fingerprint density at radius 3 is 2.53 bits per heavy atom. The van der Waals surface area contributed by atoms with Crippen LogP contribution in [0.5, 0.6) is 0 Å². The second-order valence-electron chi connectivity index (χ2n) is 3.54. The number of benzene rings is 1. The molecular weight excluding hydrogens is 226 g/mol. The molecule has 0 spiro atoms. The highest BCUT2D eigenvalue weighted by molar-refractivity contribution is 5.75. The van der Waals surface area contributed by atoms with Gasteiger partial charge in [0.2, 0.25) is 0 Å². The summed E-state index contributed by atoms with van der Waals surface area (Å²) in [6.07, 6.45) is 1.50. The summed E-state index contributed by atoms with van der Waals surface area (Å²) in [6, 6.07) is 2.08. The van der Waals surface area contributed by atoms with Crippen LogP contribution >= 0.6 is 0 Å². The van der Waals surface area contributed by atoms with Crippen molar-refractivity contribution in [2.24, 2.45) is 0 Å². The second-order valence-corrected chi connectivity index (χ2v) is 3.54. The van der Waals surface area contributed by atoms with E-state index in [4.69, 9.17) is 0 Å². The Morgan fingerprint density at radius 1 is 1.12 bits per heavy atom. The molecule has 0 saturated heterocycles. The Bertz CT molecular complexity index is 530. The number of fused-ring (bicyclic) bond motifs is 1. The van der Waals surface area contributed by atoms with Gasteiger partial charge in [0.25, 0.3) is 0 Å². The molecule has 0 saturated carbocycles. The molecule has 0 fully saturated rings. The van der Waals surface area contributed by atoms with Gasteiger partial charge >= 0.3 is 0 Å². The fraction of sp³-hybridized carbons (Fsp3) is 0.273. The zero-order valence-electron chi connectivity index (χ0n) is 9.30. The fourth-order valence-corrected chi connectivity index (χ4v) is 1.41. The molecule has 0 atom stereocenters. The van der Waals surface area contributed by atoms with Gasteiger partial charge in [0.1, 0.15) is 5.82 Å². The van der Waals surface area contributed by atoms with Gasteiger partial charge in [-0.05, 0) is 7.05 Å². The predicted molar refractivity (Wildman–Crippen MR) is 61.9 cm³/mol. The molecule has 1 heterocycles. The van der Waals surface area contributed by atoms with E-state index < -0.39 is 11.6 Å². The first-order chi connectivity index (χ1) is 8.20. The third-order valence-electron chi connectivity index (χ3n) is 2.27. The highest BCUT2D eigenvalue weighted by atomic mass is 19.2. The Hall–Kier alpha value is -1.82. The number of halogens is 2. The first-order valence-corrected chi connectivity index (χ1v) is 5.21. The van der Waals surface area contributed by atoms with Crippen molar-refractivity contribution in [3.05, 3.63) is 30.0 Å². The van der Waals surface area contributed by atoms with Gasteiger partial charge < -0.3 is 10.6 Å². The van der Waals surface area contributed by atoms with E-state index >= 15 is 0 Å². The monoisotopic (exact) mass is 238 g/mol. The quantitative estimate of drug-likeness (QED) is 0.793. The third kappa shape index (κ3) is 2.65. The highest BCUT2D eigenvalue weighted by Gasteiger charge is 2.06. The van der Waals surface area contributed by atoms with Crippen LogP contribution in [-0.2, 0) is 0 Å². The lowest BCUT2D eigenvalue weighted by Gasteiger charge is -2.05. The van der Waals surface area contributed by atoms with Crippen LogP contribution in [0.15, 0.2) is 18.3 Å². The SMILES string of the molecule is CNCCNc1cnc2cc(F)c(F)cc2n1. The lowest BCUT2D eigenvalue weighted by molar-refractivity contribution is 0.510. The molecule has 0 aliphatic carbocycles. The summed E-state index contributed by atoms with van der Waals surface area (Å²) in [5, 5.41) is 5.99. The van der Waals surface area contributed by atoms with Gasteiger partial charge in [0.05, 0.1) is 17.2 Å². The van der Waals surface area contributed by atoms with Crippen molar-refractivity contribution in [3.8, 4) is 0 Å². The van der Waals surface area contributed by atoms with E-state index in [1.807, 2.05) is 7.05 Å². The van der Waals surface area contributed by atoms with Crippen LogP contribution in [0, 0.1) is 11.6 Å². The van der Waals surface area contributed by atoms with Gasteiger partial charge in [0.15, 0.2) is 11.6 Å². The molecule has 0 unspecified atom stereocenters. The molecule has 0 aliphatic heterocycles. The number of hydrogen-bond acceptors (Lipinski definition) is 4. The molecule has 2 aromatic rings. The molecule has 0 bridgehead atoms. The molecular formula is C11H12F2N4. The smallest absolute Gasteiger partial charge is 0.161 e. The molecule has 2 rings (SSSR count). The van der Waals surface area contributed by atoms with Crippen molar-refractivity contribution in [1.29, 1.82) is 0 Å². The molecule has 2 N–H and O–H groups in total. The minimum absolute atomic E-state index is 0.332. The van der Waals surface area contributed by atoms with Gasteiger partial charge in [-0.2, -0.15) is 0 Å². The van der Waals surface area contributed by atoms with E-state index in [1.54, 1.807) is 0 Å². The molecule has 4 nitrogen and oxygen atoms in total. The normalized spacial score (nSPS) is 10.8. The summed E-state index contributed by atoms with van der Waals surface area (Å²) in [7, 11) is 1.84. The largest absolute Gasteiger partial charge is 0.367 e. The molecule has 0 aliphatic rings. The topological polar surface area (TPSA) is 49.8 Å². The van der Waals surface area contributed by atoms with Gasteiger partial charge in [-0.1, -0.05) is 0 Å². The molecule has 17 heavy (non-hydrogen) atoms. The van der Waals surface area contributed by atoms with Gasteiger partial charge in [-0.15, -0.1) is 0 Å². The zero-order valence-corrected chi connectivity index (χ0v) is 9.30. The maximum atomic E-state index is 13.0. The molecule has 90 valence electrons. The zero-order chi connectivity index (χ0) is 12.3. The number of aromatic nitrogens is 2. The summed E-state index contributed by atoms with van der Waals surface area (Å²) >= 11 is 0. The minimum atomic E-state index is -0.917. The van der Waals surface area contributed by atoms with Crippen LogP contribution in [0.3, 0.4) is 0 Å². The third-order valence-corrected chi connectivity index (χ3v) is 2.27. The fourth-order valence-electron chi connectivity index (χ4n) is 1.41. The minimum Gasteiger partial charge on any atom is -0.367 e. The van der Waals surface area contributed by atoms with E-state index in [1.165, 1.54) is 6.20 Å². The van der Waals surface area contributed by atoms with E-state index in [2.05, 4.69) is 20.6 Å². The van der Waals surface area contributed by atoms with E-state index in [9.17, 15) is 8.78 Å². The average molecular weight is 238 g/mol. The highest BCUT2D eigenvalue weighted by Crippen LogP contribution is 2.16. The Kier molecular flexibility index (Phi) is 3.43. The van der Waals surface area contributed by atoms with Crippen LogP contribution in [-0.4, -0.2) is 30.1 Å². The van der Waals surface area contributed by atoms with Crippen LogP contribution in [0.1, 0.15) is 0 Å². The maximum Gasteiger partial charge on any atom is 0.161 e. The molecule has 0 amide bonds. The first-order valence-electron chi connectivity index (χ1n) is 5.21. The Morgan fingerprint density at radius 2 is 1.82 bits per heavy atom. The predicted octanol–water partition coefficient (Wildman–Crippen LogP) is 1.54. The average Bonchev–Trinajstić information content (AvgIpc) is 2.31. The van der Waals surface area contributed by atoms with E-state index in [0.717, 1.165) is 18.7 Å². The first kappa shape index (κ1) is 11.7. The van der Waals surface area contributed by atoms with Gasteiger partial charge in [-0.25, -0.2) is 13.8 Å². The number of nitrogens with zero attached hydrogens (tertiary/aromatic N) is 2. The number of hydrogen-bond donors (Lipinski definition) is 2. The van der Waals surface area contributed by atoms with Crippen LogP contribution in [0.25, 0.3) is 11.0 Å². The van der Waals surface area contributed by atoms with Crippen molar-refractivity contribution in [3.63, 3.8) is 0 Å². The molecule has 6 heteroatoms. The lowest BCUT2D eigenvalue weighted by Crippen LogP contribution is -2.18.